The van der Waals surface area contributed by atoms with Crippen molar-refractivity contribution in [1.82, 2.24) is 15.4 Å². The molecule has 3 heteroatoms. The topological polar surface area (TPSA) is 29.0 Å². The molecule has 1 aliphatic heterocycles. The molecule has 0 spiro atoms. The third-order valence-corrected chi connectivity index (χ3v) is 3.43. The first-order chi connectivity index (χ1) is 7.71. The van der Waals surface area contributed by atoms with Gasteiger partial charge >= 0.3 is 0 Å². The average Bonchev–Trinajstić information content (AvgIpc) is 2.57. The van der Waals surface area contributed by atoms with Crippen LogP contribution in [0.2, 0.25) is 0 Å². The van der Waals surface area contributed by atoms with Gasteiger partial charge in [0.1, 0.15) is 0 Å². The SMILES string of the molecule is CC(C)(C)C1NNCc2c1ccn2C(C)(C)C. The fourth-order valence-electron chi connectivity index (χ4n) is 2.56. The van der Waals surface area contributed by atoms with Crippen LogP contribution in [0.4, 0.5) is 0 Å². The van der Waals surface area contributed by atoms with Gasteiger partial charge in [-0.05, 0) is 37.8 Å². The molecule has 0 saturated carbocycles. The molecule has 0 aliphatic carbocycles. The summed E-state index contributed by atoms with van der Waals surface area (Å²) in [7, 11) is 0. The van der Waals surface area contributed by atoms with E-state index in [-0.39, 0.29) is 11.0 Å². The normalized spacial score (nSPS) is 21.4. The Balaban J connectivity index is 2.46. The maximum absolute atomic E-state index is 3.42. The average molecular weight is 235 g/mol. The number of rotatable bonds is 0. The molecule has 1 aromatic heterocycles. The van der Waals surface area contributed by atoms with Gasteiger partial charge in [0, 0.05) is 17.4 Å². The monoisotopic (exact) mass is 235 g/mol. The van der Waals surface area contributed by atoms with Crippen LogP contribution in [0.5, 0.6) is 0 Å². The molecule has 1 aromatic rings. The molecule has 1 aliphatic rings. The van der Waals surface area contributed by atoms with Crippen LogP contribution in [0, 0.1) is 5.41 Å². The molecule has 2 N–H and O–H groups in total. The van der Waals surface area contributed by atoms with Crippen LogP contribution in [0.1, 0.15) is 58.8 Å². The second-order valence-corrected chi connectivity index (χ2v) is 7.06. The van der Waals surface area contributed by atoms with Crippen LogP contribution < -0.4 is 10.9 Å². The molecule has 17 heavy (non-hydrogen) atoms. The molecular weight excluding hydrogens is 210 g/mol. The van der Waals surface area contributed by atoms with Crippen molar-refractivity contribution in [3.05, 3.63) is 23.5 Å². The minimum atomic E-state index is 0.148. The van der Waals surface area contributed by atoms with Gasteiger partial charge in [0.15, 0.2) is 0 Å². The first-order valence-corrected chi connectivity index (χ1v) is 6.40. The van der Waals surface area contributed by atoms with Crippen molar-refractivity contribution in [1.29, 1.82) is 0 Å². The van der Waals surface area contributed by atoms with E-state index < -0.39 is 0 Å². The summed E-state index contributed by atoms with van der Waals surface area (Å²) in [6.45, 7) is 14.5. The molecule has 96 valence electrons. The molecule has 0 radical (unpaired) electrons. The molecule has 2 rings (SSSR count). The maximum Gasteiger partial charge on any atom is 0.0529 e. The van der Waals surface area contributed by atoms with Gasteiger partial charge in [-0.25, -0.2) is 5.43 Å². The lowest BCUT2D eigenvalue weighted by Crippen LogP contribution is -2.46. The predicted molar refractivity (Wildman–Crippen MR) is 71.6 cm³/mol. The summed E-state index contributed by atoms with van der Waals surface area (Å²) < 4.78 is 2.38. The Morgan fingerprint density at radius 1 is 1.18 bits per heavy atom. The molecule has 1 atom stereocenters. The molecule has 0 saturated heterocycles. The number of nitrogens with one attached hydrogen (secondary N) is 2. The quantitative estimate of drug-likeness (QED) is 0.724. The lowest BCUT2D eigenvalue weighted by molar-refractivity contribution is 0.224. The van der Waals surface area contributed by atoms with E-state index in [0.717, 1.165) is 6.54 Å². The Kier molecular flexibility index (Phi) is 2.87. The molecule has 1 unspecified atom stereocenters. The summed E-state index contributed by atoms with van der Waals surface area (Å²) in [6.07, 6.45) is 2.22. The fourth-order valence-corrected chi connectivity index (χ4v) is 2.56. The van der Waals surface area contributed by atoms with E-state index >= 15 is 0 Å². The van der Waals surface area contributed by atoms with Gasteiger partial charge in [0.05, 0.1) is 12.6 Å². The zero-order chi connectivity index (χ0) is 12.8. The number of fused-ring (bicyclic) bond motifs is 1. The largest absolute Gasteiger partial charge is 0.345 e. The number of nitrogens with zero attached hydrogens (tertiary/aromatic N) is 1. The maximum atomic E-state index is 3.42. The summed E-state index contributed by atoms with van der Waals surface area (Å²) in [6, 6.07) is 2.64. The molecule has 0 amide bonds. The van der Waals surface area contributed by atoms with Crippen LogP contribution in [0.15, 0.2) is 12.3 Å². The van der Waals surface area contributed by atoms with Gasteiger partial charge < -0.3 is 4.57 Å². The highest BCUT2D eigenvalue weighted by Gasteiger charge is 2.33. The fraction of sp³-hybridized carbons (Fsp3) is 0.714. The van der Waals surface area contributed by atoms with Gasteiger partial charge in [0.2, 0.25) is 0 Å². The predicted octanol–water partition coefficient (Wildman–Crippen LogP) is 2.94. The van der Waals surface area contributed by atoms with Crippen molar-refractivity contribution in [2.24, 2.45) is 5.41 Å². The minimum Gasteiger partial charge on any atom is -0.345 e. The molecule has 0 aromatic carbocycles. The van der Waals surface area contributed by atoms with E-state index in [1.165, 1.54) is 11.3 Å². The van der Waals surface area contributed by atoms with Crippen LogP contribution in [0.3, 0.4) is 0 Å². The zero-order valence-corrected chi connectivity index (χ0v) is 11.9. The minimum absolute atomic E-state index is 0.148. The van der Waals surface area contributed by atoms with Crippen LogP contribution in [0.25, 0.3) is 0 Å². The highest BCUT2D eigenvalue weighted by Crippen LogP contribution is 2.37. The summed E-state index contributed by atoms with van der Waals surface area (Å²) in [5.74, 6) is 0. The Hall–Kier alpha value is -0.800. The second kappa shape index (κ2) is 3.85. The van der Waals surface area contributed by atoms with Crippen molar-refractivity contribution in [3.63, 3.8) is 0 Å². The van der Waals surface area contributed by atoms with E-state index in [9.17, 15) is 0 Å². The molecule has 2 heterocycles. The standard InChI is InChI=1S/C14H25N3/c1-13(2,3)12-10-7-8-17(14(4,5)6)11(10)9-15-16-12/h7-8,12,15-16H,9H2,1-6H3. The number of hydrogen-bond acceptors (Lipinski definition) is 2. The number of hydrogen-bond donors (Lipinski definition) is 2. The highest BCUT2D eigenvalue weighted by atomic mass is 15.4. The Bertz CT molecular complexity index is 404. The van der Waals surface area contributed by atoms with Gasteiger partial charge in [0.25, 0.3) is 0 Å². The third kappa shape index (κ3) is 2.26. The number of hydrazine groups is 1. The second-order valence-electron chi connectivity index (χ2n) is 7.06. The van der Waals surface area contributed by atoms with Crippen LogP contribution in [-0.4, -0.2) is 4.57 Å². The van der Waals surface area contributed by atoms with Gasteiger partial charge in [-0.1, -0.05) is 20.8 Å². The van der Waals surface area contributed by atoms with Crippen molar-refractivity contribution < 1.29 is 0 Å². The van der Waals surface area contributed by atoms with E-state index in [2.05, 4.69) is 69.2 Å². The lowest BCUT2D eigenvalue weighted by Gasteiger charge is -2.37. The Labute approximate surface area is 105 Å². The first-order valence-electron chi connectivity index (χ1n) is 6.40. The Morgan fingerprint density at radius 2 is 1.82 bits per heavy atom. The van der Waals surface area contributed by atoms with Gasteiger partial charge in [-0.2, -0.15) is 0 Å². The van der Waals surface area contributed by atoms with Crippen LogP contribution in [-0.2, 0) is 12.1 Å². The smallest absolute Gasteiger partial charge is 0.0529 e. The van der Waals surface area contributed by atoms with Crippen LogP contribution >= 0.6 is 0 Å². The molecule has 0 bridgehead atoms. The van der Waals surface area contributed by atoms with Gasteiger partial charge in [-0.3, -0.25) is 5.43 Å². The summed E-state index contributed by atoms with van der Waals surface area (Å²) in [5.41, 5.74) is 9.95. The molecular formula is C14H25N3. The first kappa shape index (κ1) is 12.7. The molecule has 0 fully saturated rings. The zero-order valence-electron chi connectivity index (χ0n) is 11.9. The summed E-state index contributed by atoms with van der Waals surface area (Å²) >= 11 is 0. The van der Waals surface area contributed by atoms with E-state index in [0.29, 0.717) is 6.04 Å². The lowest BCUT2D eigenvalue weighted by atomic mass is 9.82. The van der Waals surface area contributed by atoms with E-state index in [4.69, 9.17) is 0 Å². The summed E-state index contributed by atoms with van der Waals surface area (Å²) in [5, 5.41) is 0. The van der Waals surface area contributed by atoms with E-state index in [1.54, 1.807) is 0 Å². The van der Waals surface area contributed by atoms with Crippen molar-refractivity contribution >= 4 is 0 Å². The van der Waals surface area contributed by atoms with Crippen molar-refractivity contribution in [3.8, 4) is 0 Å². The van der Waals surface area contributed by atoms with Crippen molar-refractivity contribution in [2.45, 2.75) is 59.7 Å². The van der Waals surface area contributed by atoms with E-state index in [1.807, 2.05) is 0 Å². The highest BCUT2D eigenvalue weighted by molar-refractivity contribution is 5.30. The molecule has 3 nitrogen and oxygen atoms in total. The Morgan fingerprint density at radius 3 is 2.35 bits per heavy atom. The number of aromatic nitrogens is 1. The van der Waals surface area contributed by atoms with Gasteiger partial charge in [-0.15, -0.1) is 0 Å². The summed E-state index contributed by atoms with van der Waals surface area (Å²) in [4.78, 5) is 0. The third-order valence-electron chi connectivity index (χ3n) is 3.43. The van der Waals surface area contributed by atoms with Crippen molar-refractivity contribution in [2.75, 3.05) is 0 Å².